The second-order valence-electron chi connectivity index (χ2n) is 7.07. The van der Waals surface area contributed by atoms with Gasteiger partial charge in [-0.3, -0.25) is 4.79 Å². The third kappa shape index (κ3) is 6.21. The molecule has 2 unspecified atom stereocenters. The molecule has 1 aromatic rings. The van der Waals surface area contributed by atoms with Crippen LogP contribution in [0.5, 0.6) is 0 Å². The Morgan fingerprint density at radius 1 is 1.17 bits per heavy atom. The van der Waals surface area contributed by atoms with E-state index in [1.165, 1.54) is 0 Å². The molecule has 2 fully saturated rings. The van der Waals surface area contributed by atoms with Gasteiger partial charge in [0.15, 0.2) is 0 Å². The Morgan fingerprint density at radius 2 is 1.90 bits per heavy atom. The van der Waals surface area contributed by atoms with Crippen molar-refractivity contribution in [2.75, 3.05) is 19.7 Å². The number of amides is 2. The Morgan fingerprint density at radius 3 is 2.55 bits per heavy atom. The lowest BCUT2D eigenvalue weighted by atomic mass is 9.80. The van der Waals surface area contributed by atoms with Crippen LogP contribution in [-0.4, -0.2) is 48.6 Å². The van der Waals surface area contributed by atoms with Crippen molar-refractivity contribution in [3.05, 3.63) is 35.9 Å². The van der Waals surface area contributed by atoms with E-state index < -0.39 is 12.0 Å². The van der Waals surface area contributed by atoms with Crippen molar-refractivity contribution >= 4 is 18.0 Å². The van der Waals surface area contributed by atoms with E-state index in [-0.39, 0.29) is 30.4 Å². The highest BCUT2D eigenvalue weighted by atomic mass is 16.6. The first-order chi connectivity index (χ1) is 14.1. The zero-order valence-corrected chi connectivity index (χ0v) is 17.6. The molecular weight excluding hydrogens is 372 g/mol. The minimum absolute atomic E-state index is 0.120. The van der Waals surface area contributed by atoms with Crippen LogP contribution in [0.15, 0.2) is 30.3 Å². The predicted molar refractivity (Wildman–Crippen MR) is 109 cm³/mol. The summed E-state index contributed by atoms with van der Waals surface area (Å²) in [4.78, 5) is 37.9. The number of nitrogens with zero attached hydrogens (tertiary/aromatic N) is 1. The van der Waals surface area contributed by atoms with Gasteiger partial charge in [0.25, 0.3) is 0 Å². The quantitative estimate of drug-likeness (QED) is 0.582. The van der Waals surface area contributed by atoms with Gasteiger partial charge in [-0.1, -0.05) is 44.2 Å². The molecule has 0 aliphatic carbocycles. The van der Waals surface area contributed by atoms with Gasteiger partial charge in [0, 0.05) is 13.1 Å². The van der Waals surface area contributed by atoms with Crippen molar-refractivity contribution in [2.24, 2.45) is 11.8 Å². The number of carbonyl (C=O) groups is 3. The standard InChI is InChI=1S/C20H26N2O5.C2H6/c1-2-26-20(25)22-10-6-9-15(12-22)11-16-17(21-18(16)23)19(24)27-13-14-7-4-3-5-8-14;1-2/h3-5,7-8,15-17H,2,6,9-13H2,1H3,(H,21,23);1-2H3/t15?,16-,17?;/m1./s1. The van der Waals surface area contributed by atoms with E-state index >= 15 is 0 Å². The molecule has 0 radical (unpaired) electrons. The monoisotopic (exact) mass is 404 g/mol. The molecule has 0 aromatic heterocycles. The fourth-order valence-electron chi connectivity index (χ4n) is 3.70. The third-order valence-electron chi connectivity index (χ3n) is 5.15. The van der Waals surface area contributed by atoms with Crippen LogP contribution in [-0.2, 0) is 25.7 Å². The first-order valence-electron chi connectivity index (χ1n) is 10.5. The summed E-state index contributed by atoms with van der Waals surface area (Å²) in [7, 11) is 0. The van der Waals surface area contributed by atoms with Crippen LogP contribution in [0.3, 0.4) is 0 Å². The summed E-state index contributed by atoms with van der Waals surface area (Å²) < 4.78 is 10.4. The van der Waals surface area contributed by atoms with Crippen molar-refractivity contribution in [2.45, 2.75) is 52.7 Å². The number of hydrogen-bond donors (Lipinski definition) is 1. The number of hydrogen-bond acceptors (Lipinski definition) is 5. The Bertz CT molecular complexity index is 679. The van der Waals surface area contributed by atoms with Crippen molar-refractivity contribution in [3.63, 3.8) is 0 Å². The molecule has 2 amide bonds. The topological polar surface area (TPSA) is 84.9 Å². The molecule has 29 heavy (non-hydrogen) atoms. The SMILES string of the molecule is CC.CCOC(=O)N1CCCC(C[C@H]2C(=O)NC2C(=O)OCc2ccccc2)C1. The highest BCUT2D eigenvalue weighted by molar-refractivity contribution is 5.97. The summed E-state index contributed by atoms with van der Waals surface area (Å²) in [6, 6.07) is 8.84. The summed E-state index contributed by atoms with van der Waals surface area (Å²) in [6.07, 6.45) is 2.08. The van der Waals surface area contributed by atoms with E-state index in [9.17, 15) is 14.4 Å². The van der Waals surface area contributed by atoms with E-state index in [2.05, 4.69) is 5.32 Å². The van der Waals surface area contributed by atoms with Gasteiger partial charge < -0.3 is 19.7 Å². The van der Waals surface area contributed by atoms with Crippen LogP contribution in [0.1, 0.15) is 45.6 Å². The Hall–Kier alpha value is -2.57. The first kappa shape index (κ1) is 22.7. The normalized spacial score (nSPS) is 23.1. The van der Waals surface area contributed by atoms with Crippen molar-refractivity contribution < 1.29 is 23.9 Å². The van der Waals surface area contributed by atoms with Crippen LogP contribution in [0.2, 0.25) is 0 Å². The van der Waals surface area contributed by atoms with Gasteiger partial charge in [-0.25, -0.2) is 9.59 Å². The zero-order chi connectivity index (χ0) is 21.2. The summed E-state index contributed by atoms with van der Waals surface area (Å²) in [6.45, 7) is 7.56. The molecule has 0 spiro atoms. The van der Waals surface area contributed by atoms with Crippen molar-refractivity contribution in [1.29, 1.82) is 0 Å². The minimum atomic E-state index is -0.598. The maximum Gasteiger partial charge on any atom is 0.409 e. The lowest BCUT2D eigenvalue weighted by Crippen LogP contribution is -2.63. The molecule has 3 atom stereocenters. The van der Waals surface area contributed by atoms with E-state index in [0.717, 1.165) is 18.4 Å². The van der Waals surface area contributed by atoms with Crippen molar-refractivity contribution in [3.8, 4) is 0 Å². The van der Waals surface area contributed by atoms with E-state index in [1.807, 2.05) is 44.2 Å². The summed E-state index contributed by atoms with van der Waals surface area (Å²) in [5.41, 5.74) is 0.908. The van der Waals surface area contributed by atoms with Gasteiger partial charge >= 0.3 is 12.1 Å². The highest BCUT2D eigenvalue weighted by Crippen LogP contribution is 2.30. The Kier molecular flexibility index (Phi) is 8.96. The molecule has 0 bridgehead atoms. The third-order valence-corrected chi connectivity index (χ3v) is 5.15. The molecule has 2 heterocycles. The number of carbonyl (C=O) groups excluding carboxylic acids is 3. The van der Waals surface area contributed by atoms with E-state index in [1.54, 1.807) is 11.8 Å². The molecule has 1 aromatic carbocycles. The number of benzene rings is 1. The smallest absolute Gasteiger partial charge is 0.409 e. The zero-order valence-electron chi connectivity index (χ0n) is 17.6. The molecule has 160 valence electrons. The molecule has 7 heteroatoms. The van der Waals surface area contributed by atoms with Gasteiger partial charge in [-0.2, -0.15) is 0 Å². The Balaban J connectivity index is 0.00000145. The average molecular weight is 405 g/mol. The number of piperidine rings is 1. The fourth-order valence-corrected chi connectivity index (χ4v) is 3.70. The predicted octanol–water partition coefficient (Wildman–Crippen LogP) is 3.13. The van der Waals surface area contributed by atoms with Gasteiger partial charge in [0.1, 0.15) is 12.6 Å². The molecule has 0 saturated carbocycles. The number of ether oxygens (including phenoxy) is 2. The number of esters is 1. The molecule has 2 saturated heterocycles. The van der Waals surface area contributed by atoms with Crippen LogP contribution in [0, 0.1) is 11.8 Å². The van der Waals surface area contributed by atoms with E-state index in [0.29, 0.717) is 26.1 Å². The molecule has 1 N–H and O–H groups in total. The molecule has 2 aliphatic heterocycles. The average Bonchev–Trinajstić information content (AvgIpc) is 2.76. The molecule has 2 aliphatic rings. The lowest BCUT2D eigenvalue weighted by Gasteiger charge is -2.39. The second kappa shape index (κ2) is 11.4. The summed E-state index contributed by atoms with van der Waals surface area (Å²) in [5, 5.41) is 2.65. The van der Waals surface area contributed by atoms with Gasteiger partial charge in [-0.05, 0) is 37.7 Å². The lowest BCUT2D eigenvalue weighted by molar-refractivity contribution is -0.159. The first-order valence-corrected chi connectivity index (χ1v) is 10.5. The largest absolute Gasteiger partial charge is 0.459 e. The van der Waals surface area contributed by atoms with Gasteiger partial charge in [-0.15, -0.1) is 0 Å². The van der Waals surface area contributed by atoms with Crippen LogP contribution >= 0.6 is 0 Å². The number of nitrogens with one attached hydrogen (secondary N) is 1. The number of likely N-dealkylation sites (tertiary alicyclic amines) is 1. The number of rotatable bonds is 6. The summed E-state index contributed by atoms with van der Waals surface area (Å²) in [5.74, 6) is -0.726. The van der Waals surface area contributed by atoms with Crippen LogP contribution in [0.25, 0.3) is 0 Å². The van der Waals surface area contributed by atoms with E-state index in [4.69, 9.17) is 9.47 Å². The number of β-lactam (4-membered cyclic amide) rings is 1. The highest BCUT2D eigenvalue weighted by Gasteiger charge is 2.46. The Labute approximate surface area is 172 Å². The minimum Gasteiger partial charge on any atom is -0.459 e. The van der Waals surface area contributed by atoms with Crippen LogP contribution in [0.4, 0.5) is 4.79 Å². The van der Waals surface area contributed by atoms with Gasteiger partial charge in [0.05, 0.1) is 12.5 Å². The maximum absolute atomic E-state index is 12.3. The van der Waals surface area contributed by atoms with Crippen molar-refractivity contribution in [1.82, 2.24) is 10.2 Å². The molecule has 3 rings (SSSR count). The van der Waals surface area contributed by atoms with Gasteiger partial charge in [0.2, 0.25) is 5.91 Å². The fraction of sp³-hybridized carbons (Fsp3) is 0.591. The summed E-state index contributed by atoms with van der Waals surface area (Å²) >= 11 is 0. The molecular formula is C22H32N2O5. The second-order valence-corrected chi connectivity index (χ2v) is 7.07. The maximum atomic E-state index is 12.3. The van der Waals surface area contributed by atoms with Crippen LogP contribution < -0.4 is 5.32 Å². The molecule has 7 nitrogen and oxygen atoms in total.